The van der Waals surface area contributed by atoms with Gasteiger partial charge in [-0.15, -0.1) is 0 Å². The summed E-state index contributed by atoms with van der Waals surface area (Å²) < 4.78 is 32.8. The molecule has 0 amide bonds. The average Bonchev–Trinajstić information content (AvgIpc) is 3.09. The van der Waals surface area contributed by atoms with Gasteiger partial charge in [-0.2, -0.15) is 0 Å². The van der Waals surface area contributed by atoms with Crippen LogP contribution in [-0.2, 0) is 10.0 Å². The van der Waals surface area contributed by atoms with Crippen LogP contribution in [0.2, 0.25) is 0 Å². The minimum atomic E-state index is -4.03. The zero-order valence-electron chi connectivity index (χ0n) is 12.2. The van der Waals surface area contributed by atoms with Crippen molar-refractivity contribution in [3.8, 4) is 11.3 Å². The molecular formula is C16H12N2O5S. The van der Waals surface area contributed by atoms with E-state index in [0.717, 1.165) is 0 Å². The van der Waals surface area contributed by atoms with Crippen molar-refractivity contribution in [1.29, 1.82) is 0 Å². The molecule has 122 valence electrons. The molecule has 0 aliphatic rings. The van der Waals surface area contributed by atoms with Gasteiger partial charge in [0.2, 0.25) is 0 Å². The molecule has 7 nitrogen and oxygen atoms in total. The molecule has 0 atom stereocenters. The SMILES string of the molecule is O=C(O)c1ccccc1NS(=O)(=O)c1ccccc1-c1ccno1. The van der Waals surface area contributed by atoms with Crippen molar-refractivity contribution in [1.82, 2.24) is 5.16 Å². The van der Waals surface area contributed by atoms with Gasteiger partial charge in [0.05, 0.1) is 22.3 Å². The summed E-state index contributed by atoms with van der Waals surface area (Å²) in [5.74, 6) is -0.931. The number of carbonyl (C=O) groups is 1. The van der Waals surface area contributed by atoms with E-state index in [-0.39, 0.29) is 16.1 Å². The summed E-state index contributed by atoms with van der Waals surface area (Å²) in [5, 5.41) is 12.8. The molecule has 0 spiro atoms. The van der Waals surface area contributed by atoms with Crippen molar-refractivity contribution in [3.63, 3.8) is 0 Å². The number of nitrogens with one attached hydrogen (secondary N) is 1. The number of hydrogen-bond donors (Lipinski definition) is 2. The van der Waals surface area contributed by atoms with E-state index in [2.05, 4.69) is 9.88 Å². The van der Waals surface area contributed by atoms with Gasteiger partial charge >= 0.3 is 5.97 Å². The highest BCUT2D eigenvalue weighted by Gasteiger charge is 2.22. The van der Waals surface area contributed by atoms with E-state index < -0.39 is 16.0 Å². The molecule has 2 aromatic carbocycles. The van der Waals surface area contributed by atoms with Gasteiger partial charge in [0.25, 0.3) is 10.0 Å². The first kappa shape index (κ1) is 15.8. The third kappa shape index (κ3) is 2.99. The summed E-state index contributed by atoms with van der Waals surface area (Å²) in [7, 11) is -4.03. The lowest BCUT2D eigenvalue weighted by Crippen LogP contribution is -2.16. The fourth-order valence-corrected chi connectivity index (χ4v) is 3.51. The number of sulfonamides is 1. The maximum atomic E-state index is 12.7. The zero-order chi connectivity index (χ0) is 17.2. The summed E-state index contributed by atoms with van der Waals surface area (Å²) in [6, 6.07) is 13.5. The number of nitrogens with zero attached hydrogens (tertiary/aromatic N) is 1. The molecule has 0 aliphatic heterocycles. The van der Waals surface area contributed by atoms with Crippen molar-refractivity contribution < 1.29 is 22.8 Å². The molecule has 0 radical (unpaired) electrons. The molecule has 0 aliphatic carbocycles. The summed E-state index contributed by atoms with van der Waals surface area (Å²) in [6.45, 7) is 0. The van der Waals surface area contributed by atoms with Crippen molar-refractivity contribution in [2.75, 3.05) is 4.72 Å². The fourth-order valence-electron chi connectivity index (χ4n) is 2.22. The van der Waals surface area contributed by atoms with E-state index in [9.17, 15) is 18.3 Å². The molecule has 0 saturated carbocycles. The Morgan fingerprint density at radius 1 is 1.04 bits per heavy atom. The fraction of sp³-hybridized carbons (Fsp3) is 0. The number of benzene rings is 2. The summed E-state index contributed by atoms with van der Waals surface area (Å²) in [6.07, 6.45) is 1.41. The summed E-state index contributed by atoms with van der Waals surface area (Å²) >= 11 is 0. The highest BCUT2D eigenvalue weighted by Crippen LogP contribution is 2.29. The molecule has 1 heterocycles. The number of aromatic carboxylic acids is 1. The number of aromatic nitrogens is 1. The van der Waals surface area contributed by atoms with Crippen LogP contribution in [0, 0.1) is 0 Å². The molecule has 0 saturated heterocycles. The van der Waals surface area contributed by atoms with Crippen LogP contribution in [0.5, 0.6) is 0 Å². The summed E-state index contributed by atoms with van der Waals surface area (Å²) in [5.41, 5.74) is 0.172. The van der Waals surface area contributed by atoms with Gasteiger partial charge in [0.1, 0.15) is 0 Å². The highest BCUT2D eigenvalue weighted by molar-refractivity contribution is 7.92. The Hall–Kier alpha value is -3.13. The van der Waals surface area contributed by atoms with E-state index in [1.165, 1.54) is 30.5 Å². The Morgan fingerprint density at radius 3 is 2.46 bits per heavy atom. The van der Waals surface area contributed by atoms with Crippen molar-refractivity contribution in [2.45, 2.75) is 4.90 Å². The molecule has 8 heteroatoms. The van der Waals surface area contributed by atoms with E-state index in [1.54, 1.807) is 30.3 Å². The Balaban J connectivity index is 2.06. The highest BCUT2D eigenvalue weighted by atomic mass is 32.2. The predicted molar refractivity (Wildman–Crippen MR) is 86.1 cm³/mol. The molecular weight excluding hydrogens is 332 g/mol. The Bertz CT molecular complexity index is 981. The molecule has 24 heavy (non-hydrogen) atoms. The lowest BCUT2D eigenvalue weighted by Gasteiger charge is -2.12. The Labute approximate surface area is 137 Å². The van der Waals surface area contributed by atoms with Crippen LogP contribution in [0.1, 0.15) is 10.4 Å². The smallest absolute Gasteiger partial charge is 0.337 e. The quantitative estimate of drug-likeness (QED) is 0.736. The van der Waals surface area contributed by atoms with Gasteiger partial charge < -0.3 is 9.63 Å². The lowest BCUT2D eigenvalue weighted by molar-refractivity contribution is 0.0698. The molecule has 3 rings (SSSR count). The van der Waals surface area contributed by atoms with E-state index in [4.69, 9.17) is 4.52 Å². The molecule has 3 aromatic rings. The number of carboxylic acid groups (broad SMARTS) is 1. The first-order valence-corrected chi connectivity index (χ1v) is 8.32. The van der Waals surface area contributed by atoms with Crippen LogP contribution in [0.15, 0.2) is 70.2 Å². The second-order valence-electron chi connectivity index (χ2n) is 4.83. The topological polar surface area (TPSA) is 110 Å². The molecule has 2 N–H and O–H groups in total. The lowest BCUT2D eigenvalue weighted by atomic mass is 10.2. The van der Waals surface area contributed by atoms with Gasteiger partial charge in [-0.25, -0.2) is 13.2 Å². The normalized spacial score (nSPS) is 11.2. The Kier molecular flexibility index (Phi) is 4.05. The molecule has 0 unspecified atom stereocenters. The van der Waals surface area contributed by atoms with Crippen molar-refractivity contribution in [2.24, 2.45) is 0 Å². The van der Waals surface area contributed by atoms with Gasteiger partial charge in [-0.1, -0.05) is 29.4 Å². The first-order chi connectivity index (χ1) is 11.5. The van der Waals surface area contributed by atoms with Crippen molar-refractivity contribution >= 4 is 21.7 Å². The van der Waals surface area contributed by atoms with Gasteiger partial charge in [-0.3, -0.25) is 4.72 Å². The second-order valence-corrected chi connectivity index (χ2v) is 6.48. The minimum absolute atomic E-state index is 0.0163. The van der Waals surface area contributed by atoms with Crippen LogP contribution >= 0.6 is 0 Å². The maximum Gasteiger partial charge on any atom is 0.337 e. The van der Waals surface area contributed by atoms with Gasteiger partial charge in [0.15, 0.2) is 5.76 Å². The molecule has 0 bridgehead atoms. The van der Waals surface area contributed by atoms with Gasteiger partial charge in [-0.05, 0) is 24.3 Å². The molecule has 1 aromatic heterocycles. The van der Waals surface area contributed by atoms with E-state index in [0.29, 0.717) is 11.3 Å². The first-order valence-electron chi connectivity index (χ1n) is 6.84. The number of hydrogen-bond acceptors (Lipinski definition) is 5. The number of carboxylic acids is 1. The third-order valence-corrected chi connectivity index (χ3v) is 4.71. The average molecular weight is 344 g/mol. The van der Waals surface area contributed by atoms with Crippen LogP contribution in [0.4, 0.5) is 5.69 Å². The van der Waals surface area contributed by atoms with Crippen LogP contribution < -0.4 is 4.72 Å². The van der Waals surface area contributed by atoms with Crippen LogP contribution in [-0.4, -0.2) is 24.7 Å². The standard InChI is InChI=1S/C16H12N2O5S/c19-16(20)11-5-1-3-7-13(11)18-24(21,22)15-8-4-2-6-12(15)14-9-10-17-23-14/h1-10,18H,(H,19,20). The van der Waals surface area contributed by atoms with Crippen molar-refractivity contribution in [3.05, 3.63) is 66.4 Å². The number of para-hydroxylation sites is 1. The van der Waals surface area contributed by atoms with Crippen LogP contribution in [0.25, 0.3) is 11.3 Å². The third-order valence-electron chi connectivity index (χ3n) is 3.28. The largest absolute Gasteiger partial charge is 0.478 e. The number of rotatable bonds is 5. The minimum Gasteiger partial charge on any atom is -0.478 e. The maximum absolute atomic E-state index is 12.7. The second kappa shape index (κ2) is 6.17. The monoisotopic (exact) mass is 344 g/mol. The summed E-state index contributed by atoms with van der Waals surface area (Å²) in [4.78, 5) is 11.2. The predicted octanol–water partition coefficient (Wildman–Crippen LogP) is 2.84. The molecule has 0 fully saturated rings. The van der Waals surface area contributed by atoms with Gasteiger partial charge in [0, 0.05) is 11.6 Å². The van der Waals surface area contributed by atoms with Crippen LogP contribution in [0.3, 0.4) is 0 Å². The Morgan fingerprint density at radius 2 is 1.75 bits per heavy atom. The number of anilines is 1. The van der Waals surface area contributed by atoms with E-state index >= 15 is 0 Å². The zero-order valence-corrected chi connectivity index (χ0v) is 13.0. The van der Waals surface area contributed by atoms with E-state index in [1.807, 2.05) is 0 Å².